The van der Waals surface area contributed by atoms with Gasteiger partial charge in [-0.1, -0.05) is 6.42 Å². The van der Waals surface area contributed by atoms with Crippen LogP contribution in [0.2, 0.25) is 0 Å². The average molecular weight is 559 g/mol. The Morgan fingerprint density at radius 1 is 0.641 bits per heavy atom. The molecule has 0 aromatic rings. The fourth-order valence-corrected chi connectivity index (χ4v) is 3.77. The van der Waals surface area contributed by atoms with Crippen molar-refractivity contribution >= 4 is 29.7 Å². The largest absolute Gasteiger partial charge is 0.480 e. The zero-order valence-corrected chi connectivity index (χ0v) is 22.9. The number of unbranched alkanes of at least 4 members (excludes halogenated alkanes) is 3. The minimum atomic E-state index is -1.18. The molecule has 0 spiro atoms. The van der Waals surface area contributed by atoms with Gasteiger partial charge in [-0.25, -0.2) is 4.79 Å². The van der Waals surface area contributed by atoms with Crippen LogP contribution in [0.1, 0.15) is 70.6 Å². The van der Waals surface area contributed by atoms with Crippen molar-refractivity contribution in [2.45, 2.75) is 94.8 Å². The van der Waals surface area contributed by atoms with Crippen molar-refractivity contribution in [2.24, 2.45) is 28.7 Å². The summed E-state index contributed by atoms with van der Waals surface area (Å²) in [4.78, 5) is 50.7. The lowest BCUT2D eigenvalue weighted by atomic mass is 10.0. The highest BCUT2D eigenvalue weighted by Gasteiger charge is 2.30. The Balaban J connectivity index is 5.53. The van der Waals surface area contributed by atoms with E-state index >= 15 is 0 Å². The first-order valence-electron chi connectivity index (χ1n) is 13.6. The maximum atomic E-state index is 13.3. The second-order valence-corrected chi connectivity index (χ2v) is 9.46. The molecule has 3 amide bonds. The molecule has 226 valence electrons. The summed E-state index contributed by atoms with van der Waals surface area (Å²) in [6, 6.07) is -4.02. The molecule has 0 aromatic heterocycles. The Morgan fingerprint density at radius 3 is 1.51 bits per heavy atom. The summed E-state index contributed by atoms with van der Waals surface area (Å²) in [5, 5.41) is 27.3. The fraction of sp³-hybridized carbons (Fsp3) is 0.792. The Hall–Kier alpha value is -3.01. The molecule has 0 fully saturated rings. The zero-order valence-electron chi connectivity index (χ0n) is 22.9. The molecule has 0 bridgehead atoms. The minimum absolute atomic E-state index is 0.182. The van der Waals surface area contributed by atoms with Gasteiger partial charge in [0.05, 0.1) is 6.04 Å². The van der Waals surface area contributed by atoms with Gasteiger partial charge in [-0.2, -0.15) is 0 Å². The van der Waals surface area contributed by atoms with Crippen molar-refractivity contribution in [1.82, 2.24) is 21.3 Å². The van der Waals surface area contributed by atoms with Crippen LogP contribution in [0.5, 0.6) is 0 Å². The Bertz CT molecular complexity index is 755. The molecular formula is C24H50N10O5. The maximum Gasteiger partial charge on any atom is 0.326 e. The number of nitrogens with two attached hydrogens (primary N) is 5. The van der Waals surface area contributed by atoms with Crippen LogP contribution in [0.4, 0.5) is 0 Å². The van der Waals surface area contributed by atoms with Crippen LogP contribution in [0, 0.1) is 5.41 Å². The smallest absolute Gasteiger partial charge is 0.326 e. The van der Waals surface area contributed by atoms with Gasteiger partial charge < -0.3 is 55.0 Å². The van der Waals surface area contributed by atoms with E-state index in [4.69, 9.17) is 34.1 Å². The minimum Gasteiger partial charge on any atom is -0.480 e. The van der Waals surface area contributed by atoms with Crippen LogP contribution in [0.3, 0.4) is 0 Å². The van der Waals surface area contributed by atoms with Crippen molar-refractivity contribution in [3.63, 3.8) is 0 Å². The summed E-state index contributed by atoms with van der Waals surface area (Å²) in [5.74, 6) is -3.16. The third-order valence-corrected chi connectivity index (χ3v) is 6.07. The highest BCUT2D eigenvalue weighted by Crippen LogP contribution is 2.08. The summed E-state index contributed by atoms with van der Waals surface area (Å²) in [6.07, 6.45) is 5.02. The average Bonchev–Trinajstić information content (AvgIpc) is 2.88. The molecule has 0 aliphatic heterocycles. The molecule has 15 nitrogen and oxygen atoms in total. The van der Waals surface area contributed by atoms with Gasteiger partial charge in [-0.05, 0) is 83.8 Å². The van der Waals surface area contributed by atoms with Gasteiger partial charge in [0.15, 0.2) is 5.96 Å². The lowest BCUT2D eigenvalue weighted by Crippen LogP contribution is -2.57. The summed E-state index contributed by atoms with van der Waals surface area (Å²) in [6.45, 7) is 1.57. The molecule has 0 radical (unpaired) electrons. The van der Waals surface area contributed by atoms with Crippen LogP contribution in [-0.4, -0.2) is 85.1 Å². The van der Waals surface area contributed by atoms with Gasteiger partial charge in [0, 0.05) is 6.54 Å². The molecule has 0 saturated heterocycles. The number of hydrogen-bond acceptors (Lipinski definition) is 9. The van der Waals surface area contributed by atoms with E-state index in [1.165, 1.54) is 0 Å². The van der Waals surface area contributed by atoms with E-state index in [9.17, 15) is 24.3 Å². The maximum absolute atomic E-state index is 13.3. The predicted octanol–water partition coefficient (Wildman–Crippen LogP) is -2.50. The van der Waals surface area contributed by atoms with Crippen molar-refractivity contribution in [3.05, 3.63) is 0 Å². The molecule has 4 atom stereocenters. The summed E-state index contributed by atoms with van der Waals surface area (Å²) in [5.41, 5.74) is 27.8. The Kier molecular flexibility index (Phi) is 20.2. The van der Waals surface area contributed by atoms with E-state index in [0.717, 1.165) is 0 Å². The normalized spacial score (nSPS) is 13.9. The van der Waals surface area contributed by atoms with E-state index in [1.54, 1.807) is 0 Å². The molecule has 0 aliphatic carbocycles. The van der Waals surface area contributed by atoms with Crippen molar-refractivity contribution < 1.29 is 24.3 Å². The van der Waals surface area contributed by atoms with Gasteiger partial charge in [0.1, 0.15) is 18.1 Å². The lowest BCUT2D eigenvalue weighted by Gasteiger charge is -2.25. The van der Waals surface area contributed by atoms with Gasteiger partial charge in [0.2, 0.25) is 17.7 Å². The lowest BCUT2D eigenvalue weighted by molar-refractivity contribution is -0.142. The topological polar surface area (TPSA) is 291 Å². The highest BCUT2D eigenvalue weighted by atomic mass is 16.4. The standard InChI is InChI=1S/C24H50N10O5/c25-12-4-1-8-16(28)20(35)32-18(11-7-15-31-24(29)30)21(36)33-17(9-2-5-13-26)22(37)34-19(23(38)39)10-3-6-14-27/h16-19H,1-15,25-28H2,(H,32,35)(H,33,36)(H,34,37)(H,38,39)(H4,29,30,31)/t16-,17-,18-,19-/m0/s1. The SMILES string of the molecule is N=C(N)NCCC[C@H](NC(=O)[C@@H](N)CCCCN)C(=O)N[C@@H](CCCCN)C(=O)N[C@@H](CCCCN)C(=O)O. The molecule has 39 heavy (non-hydrogen) atoms. The van der Waals surface area contributed by atoms with Gasteiger partial charge in [-0.3, -0.25) is 19.8 Å². The zero-order chi connectivity index (χ0) is 29.6. The van der Waals surface area contributed by atoms with Crippen molar-refractivity contribution in [2.75, 3.05) is 26.2 Å². The van der Waals surface area contributed by atoms with E-state index in [1.807, 2.05) is 0 Å². The number of amides is 3. The number of aliphatic carboxylic acids is 1. The number of carbonyl (C=O) groups is 4. The molecule has 0 rings (SSSR count). The third kappa shape index (κ3) is 17.2. The fourth-order valence-electron chi connectivity index (χ4n) is 3.77. The van der Waals surface area contributed by atoms with E-state index < -0.39 is 47.9 Å². The van der Waals surface area contributed by atoms with Crippen molar-refractivity contribution in [3.8, 4) is 0 Å². The Labute approximate surface area is 230 Å². The van der Waals surface area contributed by atoms with Crippen LogP contribution in [0.15, 0.2) is 0 Å². The second kappa shape index (κ2) is 21.9. The molecule has 0 heterocycles. The van der Waals surface area contributed by atoms with Gasteiger partial charge in [0.25, 0.3) is 0 Å². The van der Waals surface area contributed by atoms with Crippen molar-refractivity contribution in [1.29, 1.82) is 5.41 Å². The first-order chi connectivity index (χ1) is 18.6. The number of guanidine groups is 1. The molecule has 0 aliphatic rings. The number of carboxylic acids is 1. The molecular weight excluding hydrogens is 508 g/mol. The summed E-state index contributed by atoms with van der Waals surface area (Å²) >= 11 is 0. The van der Waals surface area contributed by atoms with Gasteiger partial charge >= 0.3 is 5.97 Å². The number of carboxylic acid groups (broad SMARTS) is 1. The second-order valence-electron chi connectivity index (χ2n) is 9.46. The monoisotopic (exact) mass is 558 g/mol. The molecule has 0 unspecified atom stereocenters. The van der Waals surface area contributed by atoms with E-state index in [0.29, 0.717) is 77.5 Å². The number of hydrogen-bond donors (Lipinski definition) is 11. The molecule has 15 heteroatoms. The van der Waals surface area contributed by atoms with E-state index in [-0.39, 0.29) is 25.2 Å². The number of carbonyl (C=O) groups excluding carboxylic acids is 3. The summed E-state index contributed by atoms with van der Waals surface area (Å²) < 4.78 is 0. The number of rotatable bonds is 23. The van der Waals surface area contributed by atoms with Crippen LogP contribution < -0.4 is 49.9 Å². The highest BCUT2D eigenvalue weighted by molar-refractivity contribution is 5.94. The quantitative estimate of drug-likeness (QED) is 0.0354. The first kappa shape index (κ1) is 36.0. The van der Waals surface area contributed by atoms with Gasteiger partial charge in [-0.15, -0.1) is 0 Å². The Morgan fingerprint density at radius 2 is 1.05 bits per heavy atom. The van der Waals surface area contributed by atoms with Crippen LogP contribution >= 0.6 is 0 Å². The van der Waals surface area contributed by atoms with Crippen LogP contribution in [-0.2, 0) is 19.2 Å². The third-order valence-electron chi connectivity index (χ3n) is 6.07. The molecule has 0 saturated carbocycles. The number of nitrogens with one attached hydrogen (secondary N) is 5. The van der Waals surface area contributed by atoms with E-state index in [2.05, 4.69) is 21.3 Å². The molecule has 0 aromatic carbocycles. The molecule has 16 N–H and O–H groups in total. The summed E-state index contributed by atoms with van der Waals surface area (Å²) in [7, 11) is 0. The predicted molar refractivity (Wildman–Crippen MR) is 149 cm³/mol. The van der Waals surface area contributed by atoms with Crippen LogP contribution in [0.25, 0.3) is 0 Å². The first-order valence-corrected chi connectivity index (χ1v) is 13.6.